The molecule has 0 aliphatic carbocycles. The molecule has 0 aliphatic heterocycles. The smallest absolute Gasteiger partial charge is 0.339 e. The van der Waals surface area contributed by atoms with Crippen molar-refractivity contribution in [2.45, 2.75) is 59.0 Å². The van der Waals surface area contributed by atoms with Gasteiger partial charge in [-0.05, 0) is 37.3 Å². The highest BCUT2D eigenvalue weighted by Gasteiger charge is 2.21. The van der Waals surface area contributed by atoms with Gasteiger partial charge in [0.2, 0.25) is 0 Å². The highest BCUT2D eigenvalue weighted by atomic mass is 16.5. The van der Waals surface area contributed by atoms with Gasteiger partial charge in [0.25, 0.3) is 0 Å². The first-order valence-corrected chi connectivity index (χ1v) is 7.99. The molecule has 1 aromatic rings. The van der Waals surface area contributed by atoms with Crippen molar-refractivity contribution >= 4 is 11.9 Å². The molecule has 4 nitrogen and oxygen atoms in total. The lowest BCUT2D eigenvalue weighted by Crippen LogP contribution is -2.21. The molecule has 0 heterocycles. The van der Waals surface area contributed by atoms with E-state index in [0.717, 1.165) is 32.1 Å². The maximum absolute atomic E-state index is 12.3. The summed E-state index contributed by atoms with van der Waals surface area (Å²) in [5.74, 6) is -1.10. The Morgan fingerprint density at radius 2 is 1.73 bits per heavy atom. The Kier molecular flexibility index (Phi) is 7.64. The molecule has 0 saturated heterocycles. The number of unbranched alkanes of at least 4 members (excludes halogenated alkanes) is 1. The summed E-state index contributed by atoms with van der Waals surface area (Å²) in [6, 6.07) is 6.19. The topological polar surface area (TPSA) is 63.6 Å². The summed E-state index contributed by atoms with van der Waals surface area (Å²) in [5, 5.41) is 9.16. The highest BCUT2D eigenvalue weighted by Crippen LogP contribution is 2.18. The first kappa shape index (κ1) is 18.2. The van der Waals surface area contributed by atoms with Gasteiger partial charge in [0.1, 0.15) is 6.10 Å². The van der Waals surface area contributed by atoms with Crippen molar-refractivity contribution in [2.75, 3.05) is 0 Å². The average Bonchev–Trinajstić information content (AvgIpc) is 2.49. The Labute approximate surface area is 132 Å². The van der Waals surface area contributed by atoms with Crippen LogP contribution in [-0.4, -0.2) is 23.1 Å². The number of rotatable bonds is 9. The van der Waals surface area contributed by atoms with Crippen LogP contribution in [0, 0.1) is 5.92 Å². The number of esters is 1. The van der Waals surface area contributed by atoms with Crippen molar-refractivity contribution in [3.05, 3.63) is 35.4 Å². The zero-order valence-corrected chi connectivity index (χ0v) is 13.7. The minimum atomic E-state index is -1.11. The summed E-state index contributed by atoms with van der Waals surface area (Å²) in [6.07, 6.45) is 4.53. The fourth-order valence-corrected chi connectivity index (χ4v) is 2.28. The van der Waals surface area contributed by atoms with Crippen LogP contribution >= 0.6 is 0 Å². The summed E-state index contributed by atoms with van der Waals surface area (Å²) in [4.78, 5) is 23.5. The third-order valence-electron chi connectivity index (χ3n) is 3.60. The van der Waals surface area contributed by atoms with E-state index < -0.39 is 11.9 Å². The zero-order chi connectivity index (χ0) is 16.5. The summed E-state index contributed by atoms with van der Waals surface area (Å²) >= 11 is 0. The Balaban J connectivity index is 2.79. The van der Waals surface area contributed by atoms with Crippen LogP contribution in [0.4, 0.5) is 0 Å². The number of benzene rings is 1. The van der Waals surface area contributed by atoms with E-state index in [2.05, 4.69) is 20.8 Å². The second-order valence-corrected chi connectivity index (χ2v) is 5.99. The Hall–Kier alpha value is -1.84. The number of carbonyl (C=O) groups excluding carboxylic acids is 1. The molecule has 0 spiro atoms. The normalized spacial score (nSPS) is 12.2. The largest absolute Gasteiger partial charge is 0.478 e. The van der Waals surface area contributed by atoms with E-state index in [1.165, 1.54) is 12.1 Å². The number of hydrogen-bond donors (Lipinski definition) is 1. The molecule has 1 atom stereocenters. The molecule has 0 aliphatic rings. The van der Waals surface area contributed by atoms with Crippen molar-refractivity contribution in [2.24, 2.45) is 5.92 Å². The average molecular weight is 306 g/mol. The Bertz CT molecular complexity index is 494. The van der Waals surface area contributed by atoms with Crippen LogP contribution in [0.25, 0.3) is 0 Å². The van der Waals surface area contributed by atoms with Gasteiger partial charge in [0.05, 0.1) is 11.1 Å². The number of carboxylic acid groups (broad SMARTS) is 1. The standard InChI is InChI=1S/C18H26O4/c1-4-5-8-14(12-11-13(2)3)22-18(21)16-10-7-6-9-15(16)17(19)20/h6-7,9-10,13-14H,4-5,8,11-12H2,1-3H3,(H,19,20). The van der Waals surface area contributed by atoms with E-state index in [1.54, 1.807) is 12.1 Å². The molecular formula is C18H26O4. The van der Waals surface area contributed by atoms with Gasteiger partial charge in [0.15, 0.2) is 0 Å². The molecule has 0 bridgehead atoms. The predicted molar refractivity (Wildman–Crippen MR) is 86.2 cm³/mol. The number of carboxylic acids is 1. The summed E-state index contributed by atoms with van der Waals surface area (Å²) < 4.78 is 5.58. The third kappa shape index (κ3) is 5.88. The van der Waals surface area contributed by atoms with Crippen molar-refractivity contribution in [1.82, 2.24) is 0 Å². The number of carbonyl (C=O) groups is 2. The van der Waals surface area contributed by atoms with Gasteiger partial charge in [-0.25, -0.2) is 9.59 Å². The lowest BCUT2D eigenvalue weighted by Gasteiger charge is -2.19. The van der Waals surface area contributed by atoms with E-state index in [4.69, 9.17) is 9.84 Å². The minimum Gasteiger partial charge on any atom is -0.478 e. The molecule has 0 radical (unpaired) electrons. The maximum Gasteiger partial charge on any atom is 0.339 e. The van der Waals surface area contributed by atoms with Crippen molar-refractivity contribution in [1.29, 1.82) is 0 Å². The summed E-state index contributed by atoms with van der Waals surface area (Å²) in [7, 11) is 0. The molecule has 0 aromatic heterocycles. The van der Waals surface area contributed by atoms with Crippen LogP contribution in [0.3, 0.4) is 0 Å². The van der Waals surface area contributed by atoms with E-state index >= 15 is 0 Å². The van der Waals surface area contributed by atoms with Crippen LogP contribution in [0.2, 0.25) is 0 Å². The van der Waals surface area contributed by atoms with Gasteiger partial charge in [-0.1, -0.05) is 45.7 Å². The zero-order valence-electron chi connectivity index (χ0n) is 13.7. The first-order chi connectivity index (χ1) is 10.5. The predicted octanol–water partition coefficient (Wildman–Crippen LogP) is 4.54. The van der Waals surface area contributed by atoms with E-state index in [-0.39, 0.29) is 17.2 Å². The highest BCUT2D eigenvalue weighted by molar-refractivity contribution is 6.02. The monoisotopic (exact) mass is 306 g/mol. The quantitative estimate of drug-likeness (QED) is 0.680. The Morgan fingerprint density at radius 3 is 2.27 bits per heavy atom. The molecule has 0 saturated carbocycles. The van der Waals surface area contributed by atoms with Gasteiger partial charge in [-0.3, -0.25) is 0 Å². The van der Waals surface area contributed by atoms with Crippen LogP contribution in [-0.2, 0) is 4.74 Å². The van der Waals surface area contributed by atoms with Gasteiger partial charge >= 0.3 is 11.9 Å². The second kappa shape index (κ2) is 9.23. The molecule has 0 amide bonds. The molecule has 122 valence electrons. The molecule has 1 unspecified atom stereocenters. The number of aromatic carboxylic acids is 1. The molecular weight excluding hydrogens is 280 g/mol. The number of hydrogen-bond acceptors (Lipinski definition) is 3. The van der Waals surface area contributed by atoms with Gasteiger partial charge < -0.3 is 9.84 Å². The summed E-state index contributed by atoms with van der Waals surface area (Å²) in [6.45, 7) is 6.37. The summed E-state index contributed by atoms with van der Waals surface area (Å²) in [5.41, 5.74) is 0.117. The third-order valence-corrected chi connectivity index (χ3v) is 3.60. The fourth-order valence-electron chi connectivity index (χ4n) is 2.28. The van der Waals surface area contributed by atoms with E-state index in [9.17, 15) is 9.59 Å². The molecule has 22 heavy (non-hydrogen) atoms. The number of ether oxygens (including phenoxy) is 1. The van der Waals surface area contributed by atoms with Crippen LogP contribution < -0.4 is 0 Å². The molecule has 4 heteroatoms. The molecule has 1 rings (SSSR count). The molecule has 1 N–H and O–H groups in total. The van der Waals surface area contributed by atoms with Crippen LogP contribution in [0.15, 0.2) is 24.3 Å². The molecule has 0 fully saturated rings. The second-order valence-electron chi connectivity index (χ2n) is 5.99. The lowest BCUT2D eigenvalue weighted by molar-refractivity contribution is 0.0238. The van der Waals surface area contributed by atoms with E-state index in [1.807, 2.05) is 0 Å². The van der Waals surface area contributed by atoms with Crippen LogP contribution in [0.5, 0.6) is 0 Å². The van der Waals surface area contributed by atoms with Crippen LogP contribution in [0.1, 0.15) is 73.6 Å². The maximum atomic E-state index is 12.3. The van der Waals surface area contributed by atoms with Gasteiger partial charge in [-0.2, -0.15) is 0 Å². The first-order valence-electron chi connectivity index (χ1n) is 7.99. The minimum absolute atomic E-state index is 0.00870. The fraction of sp³-hybridized carbons (Fsp3) is 0.556. The van der Waals surface area contributed by atoms with Crippen molar-refractivity contribution < 1.29 is 19.4 Å². The molecule has 1 aromatic carbocycles. The van der Waals surface area contributed by atoms with Crippen molar-refractivity contribution in [3.63, 3.8) is 0 Å². The van der Waals surface area contributed by atoms with Gasteiger partial charge in [0, 0.05) is 0 Å². The van der Waals surface area contributed by atoms with Gasteiger partial charge in [-0.15, -0.1) is 0 Å². The SMILES string of the molecule is CCCCC(CCC(C)C)OC(=O)c1ccccc1C(=O)O. The Morgan fingerprint density at radius 1 is 1.09 bits per heavy atom. The van der Waals surface area contributed by atoms with Crippen molar-refractivity contribution in [3.8, 4) is 0 Å². The van der Waals surface area contributed by atoms with E-state index in [0.29, 0.717) is 5.92 Å². The lowest BCUT2D eigenvalue weighted by atomic mass is 10.0.